The maximum absolute atomic E-state index is 12.1. The van der Waals surface area contributed by atoms with Gasteiger partial charge in [0.05, 0.1) is 11.2 Å². The van der Waals surface area contributed by atoms with E-state index < -0.39 is 10.0 Å². The fraction of sp³-hybridized carbons (Fsp3) is 0.333. The first-order chi connectivity index (χ1) is 10.1. The Labute approximate surface area is 125 Å². The lowest BCUT2D eigenvalue weighted by Gasteiger charge is -2.08. The number of hydrogen-bond acceptors (Lipinski definition) is 4. The molecule has 2 N–H and O–H groups in total. The number of benzene rings is 1. The summed E-state index contributed by atoms with van der Waals surface area (Å²) >= 11 is 0. The zero-order chi connectivity index (χ0) is 15.1. The number of hydrogen-bond donors (Lipinski definition) is 2. The van der Waals surface area contributed by atoms with Gasteiger partial charge in [0, 0.05) is 25.2 Å². The molecule has 0 saturated heterocycles. The quantitative estimate of drug-likeness (QED) is 0.786. The summed E-state index contributed by atoms with van der Waals surface area (Å²) in [6.07, 6.45) is 3.13. The number of nitrogens with one attached hydrogen (secondary N) is 2. The number of anilines is 1. The van der Waals surface area contributed by atoms with E-state index in [0.29, 0.717) is 13.0 Å². The fourth-order valence-corrected chi connectivity index (χ4v) is 2.90. The lowest BCUT2D eigenvalue weighted by molar-refractivity contribution is 0.506. The Morgan fingerprint density at radius 2 is 1.86 bits per heavy atom. The van der Waals surface area contributed by atoms with E-state index >= 15 is 0 Å². The molecule has 0 saturated carbocycles. The Kier molecular flexibility index (Phi) is 5.41. The monoisotopic (exact) mass is 308 g/mol. The van der Waals surface area contributed by atoms with E-state index in [2.05, 4.69) is 17.0 Å². The molecule has 114 valence electrons. The van der Waals surface area contributed by atoms with Crippen molar-refractivity contribution in [1.29, 1.82) is 0 Å². The number of furan rings is 1. The minimum atomic E-state index is -3.47. The normalized spacial score (nSPS) is 11.5. The summed E-state index contributed by atoms with van der Waals surface area (Å²) in [6.45, 7) is 3.26. The lowest BCUT2D eigenvalue weighted by Crippen LogP contribution is -2.25. The average molecular weight is 308 g/mol. The first kappa shape index (κ1) is 15.6. The van der Waals surface area contributed by atoms with E-state index in [-0.39, 0.29) is 4.90 Å². The smallest absolute Gasteiger partial charge is 0.240 e. The van der Waals surface area contributed by atoms with Gasteiger partial charge in [-0.25, -0.2) is 13.1 Å². The van der Waals surface area contributed by atoms with E-state index in [1.165, 1.54) is 0 Å². The van der Waals surface area contributed by atoms with E-state index in [1.54, 1.807) is 36.6 Å². The molecule has 2 aromatic rings. The third-order valence-electron chi connectivity index (χ3n) is 2.99. The first-order valence-corrected chi connectivity index (χ1v) is 8.46. The van der Waals surface area contributed by atoms with Gasteiger partial charge in [0.15, 0.2) is 0 Å². The second-order valence-electron chi connectivity index (χ2n) is 4.68. The molecule has 6 heteroatoms. The molecule has 0 atom stereocenters. The lowest BCUT2D eigenvalue weighted by atomic mass is 10.3. The summed E-state index contributed by atoms with van der Waals surface area (Å²) in [5.41, 5.74) is 0.923. The molecule has 0 amide bonds. The molecule has 0 unspecified atom stereocenters. The summed E-state index contributed by atoms with van der Waals surface area (Å²) in [5.74, 6) is 0.761. The molecule has 21 heavy (non-hydrogen) atoms. The predicted octanol–water partition coefficient (Wildman–Crippen LogP) is 2.62. The molecule has 0 spiro atoms. The second kappa shape index (κ2) is 7.28. The highest BCUT2D eigenvalue weighted by molar-refractivity contribution is 7.89. The van der Waals surface area contributed by atoms with Gasteiger partial charge in [-0.2, -0.15) is 0 Å². The first-order valence-electron chi connectivity index (χ1n) is 6.98. The highest BCUT2D eigenvalue weighted by atomic mass is 32.2. The maximum Gasteiger partial charge on any atom is 0.240 e. The van der Waals surface area contributed by atoms with Crippen molar-refractivity contribution < 1.29 is 12.8 Å². The van der Waals surface area contributed by atoms with E-state index in [1.807, 2.05) is 6.07 Å². The van der Waals surface area contributed by atoms with Crippen molar-refractivity contribution >= 4 is 15.7 Å². The van der Waals surface area contributed by atoms with Crippen LogP contribution in [0.2, 0.25) is 0 Å². The van der Waals surface area contributed by atoms with Crippen LogP contribution < -0.4 is 10.0 Å². The Bertz CT molecular complexity index is 634. The molecule has 2 rings (SSSR count). The highest BCUT2D eigenvalue weighted by Gasteiger charge is 2.13. The van der Waals surface area contributed by atoms with Crippen molar-refractivity contribution in [2.75, 3.05) is 18.4 Å². The maximum atomic E-state index is 12.1. The van der Waals surface area contributed by atoms with Crippen molar-refractivity contribution in [3.05, 3.63) is 48.4 Å². The van der Waals surface area contributed by atoms with Crippen LogP contribution in [0.3, 0.4) is 0 Å². The van der Waals surface area contributed by atoms with E-state index in [0.717, 1.165) is 24.4 Å². The molecular formula is C15H20N2O3S. The molecule has 1 heterocycles. The van der Waals surface area contributed by atoms with Crippen molar-refractivity contribution in [1.82, 2.24) is 4.72 Å². The standard InChI is InChI=1S/C15H20N2O3S/c1-2-10-16-13-5-7-15(8-6-13)21(18,19)17-11-9-14-4-3-12-20-14/h3-8,12,16-17H,2,9-11H2,1H3. The summed E-state index contributed by atoms with van der Waals surface area (Å²) in [5, 5.41) is 3.21. The van der Waals surface area contributed by atoms with E-state index in [4.69, 9.17) is 4.42 Å². The summed E-state index contributed by atoms with van der Waals surface area (Å²) in [7, 11) is -3.47. The Morgan fingerprint density at radius 3 is 2.48 bits per heavy atom. The van der Waals surface area contributed by atoms with Crippen molar-refractivity contribution in [3.8, 4) is 0 Å². The molecule has 1 aromatic carbocycles. The SMILES string of the molecule is CCCNc1ccc(S(=O)(=O)NCCc2ccco2)cc1. The van der Waals surface area contributed by atoms with Crippen LogP contribution in [-0.4, -0.2) is 21.5 Å². The minimum Gasteiger partial charge on any atom is -0.469 e. The van der Waals surface area contributed by atoms with Crippen LogP contribution in [0, 0.1) is 0 Å². The molecule has 0 aliphatic carbocycles. The van der Waals surface area contributed by atoms with Crippen LogP contribution in [0.5, 0.6) is 0 Å². The fourth-order valence-electron chi connectivity index (χ4n) is 1.87. The van der Waals surface area contributed by atoms with Crippen LogP contribution in [0.15, 0.2) is 52.0 Å². The topological polar surface area (TPSA) is 71.3 Å². The molecule has 0 aliphatic rings. The van der Waals surface area contributed by atoms with Crippen molar-refractivity contribution in [3.63, 3.8) is 0 Å². The van der Waals surface area contributed by atoms with Gasteiger partial charge in [0.2, 0.25) is 10.0 Å². The molecular weight excluding hydrogens is 288 g/mol. The van der Waals surface area contributed by atoms with Crippen LogP contribution in [0.4, 0.5) is 5.69 Å². The zero-order valence-electron chi connectivity index (χ0n) is 12.0. The van der Waals surface area contributed by atoms with Gasteiger partial charge < -0.3 is 9.73 Å². The predicted molar refractivity (Wildman–Crippen MR) is 82.8 cm³/mol. The van der Waals surface area contributed by atoms with Crippen LogP contribution in [0.1, 0.15) is 19.1 Å². The average Bonchev–Trinajstić information content (AvgIpc) is 2.98. The number of rotatable bonds is 8. The zero-order valence-corrected chi connectivity index (χ0v) is 12.8. The van der Waals surface area contributed by atoms with Crippen molar-refractivity contribution in [2.45, 2.75) is 24.7 Å². The second-order valence-corrected chi connectivity index (χ2v) is 6.45. The van der Waals surface area contributed by atoms with Crippen molar-refractivity contribution in [2.24, 2.45) is 0 Å². The molecule has 0 aliphatic heterocycles. The summed E-state index contributed by atoms with van der Waals surface area (Å²) in [4.78, 5) is 0.268. The highest BCUT2D eigenvalue weighted by Crippen LogP contribution is 2.14. The van der Waals surface area contributed by atoms with Crippen LogP contribution in [-0.2, 0) is 16.4 Å². The third kappa shape index (κ3) is 4.61. The Hall–Kier alpha value is -1.79. The molecule has 5 nitrogen and oxygen atoms in total. The van der Waals surface area contributed by atoms with Gasteiger partial charge in [0.25, 0.3) is 0 Å². The van der Waals surface area contributed by atoms with Gasteiger partial charge in [-0.3, -0.25) is 0 Å². The molecule has 1 aromatic heterocycles. The minimum absolute atomic E-state index is 0.268. The third-order valence-corrected chi connectivity index (χ3v) is 4.46. The largest absolute Gasteiger partial charge is 0.469 e. The van der Waals surface area contributed by atoms with Crippen LogP contribution >= 0.6 is 0 Å². The van der Waals surface area contributed by atoms with E-state index in [9.17, 15) is 8.42 Å². The Morgan fingerprint density at radius 1 is 1.10 bits per heavy atom. The van der Waals surface area contributed by atoms with Gasteiger partial charge in [-0.15, -0.1) is 0 Å². The molecule has 0 bridgehead atoms. The molecule has 0 fully saturated rings. The summed E-state index contributed by atoms with van der Waals surface area (Å²) < 4.78 is 32.0. The summed E-state index contributed by atoms with van der Waals surface area (Å²) in [6, 6.07) is 10.4. The van der Waals surface area contributed by atoms with Gasteiger partial charge in [0.1, 0.15) is 5.76 Å². The van der Waals surface area contributed by atoms with Gasteiger partial charge in [-0.05, 0) is 42.8 Å². The van der Waals surface area contributed by atoms with Crippen LogP contribution in [0.25, 0.3) is 0 Å². The molecule has 0 radical (unpaired) electrons. The number of sulfonamides is 1. The van der Waals surface area contributed by atoms with Gasteiger partial charge >= 0.3 is 0 Å². The Balaban J connectivity index is 1.92. The van der Waals surface area contributed by atoms with Gasteiger partial charge in [-0.1, -0.05) is 6.92 Å².